The molecule has 30 nitrogen and oxygen atoms in total. The van der Waals surface area contributed by atoms with Gasteiger partial charge < -0.3 is 76.1 Å². The van der Waals surface area contributed by atoms with Crippen molar-refractivity contribution in [1.29, 1.82) is 0 Å². The van der Waals surface area contributed by atoms with Crippen LogP contribution in [0.1, 0.15) is 206 Å². The molecular formula is C72H93F3N18O12S3. The maximum absolute atomic E-state index is 14.8. The third-order valence-corrected chi connectivity index (χ3v) is 17.8. The third-order valence-electron chi connectivity index (χ3n) is 15.4. The van der Waals surface area contributed by atoms with Gasteiger partial charge in [-0.05, 0) is 111 Å². The lowest BCUT2D eigenvalue weighted by Crippen LogP contribution is -2.33. The van der Waals surface area contributed by atoms with Crippen molar-refractivity contribution >= 4 is 86.2 Å². The van der Waals surface area contributed by atoms with Crippen LogP contribution in [-0.4, -0.2) is 250 Å². The van der Waals surface area contributed by atoms with Crippen molar-refractivity contribution in [2.24, 2.45) is 0 Å². The number of hydrogen-bond donors (Lipinski definition) is 12. The summed E-state index contributed by atoms with van der Waals surface area (Å²) in [4.78, 5) is 24.9. The number of aliphatic hydroxyl groups excluding tert-OH is 2. The van der Waals surface area contributed by atoms with Crippen LogP contribution in [0.25, 0.3) is 33.5 Å². The molecule has 18 atom stereocenters. The van der Waals surface area contributed by atoms with Crippen LogP contribution in [0.4, 0.5) is 30.6 Å². The summed E-state index contributed by atoms with van der Waals surface area (Å²) in [6.07, 6.45) is -55.1. The zero-order chi connectivity index (χ0) is 115. The molecule has 36 heteroatoms. The fraction of sp³-hybridized carbons (Fsp3) is 0.583. The van der Waals surface area contributed by atoms with Crippen LogP contribution in [0, 0.1) is 38.2 Å². The number of halogens is 3. The summed E-state index contributed by atoms with van der Waals surface area (Å²) in [6, 6.07) is -21.5. The zero-order valence-corrected chi connectivity index (χ0v) is 59.2. The number of ether oxygens (including phenoxy) is 3. The smallest absolute Gasteiger partial charge is 0.191 e. The van der Waals surface area contributed by atoms with E-state index in [0.29, 0.717) is 35.3 Å². The molecule has 15 rings (SSSR count). The molecule has 0 bridgehead atoms. The summed E-state index contributed by atoms with van der Waals surface area (Å²) in [5, 5.41) is 124. The molecule has 582 valence electrons. The van der Waals surface area contributed by atoms with Crippen LogP contribution >= 0.6 is 35.3 Å². The summed E-state index contributed by atoms with van der Waals surface area (Å²) in [5.41, 5.74) is -12.2. The summed E-state index contributed by atoms with van der Waals surface area (Å²) < 4.78 is 419. The predicted molar refractivity (Wildman–Crippen MR) is 398 cm³/mol. The molecule has 0 saturated heterocycles. The molecule has 0 amide bonds. The molecule has 3 aromatic carbocycles. The molecule has 6 aliphatic carbocycles. The topological polar surface area (TPSA) is 415 Å². The Balaban J connectivity index is 0.000000189. The van der Waals surface area contributed by atoms with Crippen molar-refractivity contribution in [3.63, 3.8) is 0 Å². The first-order valence-corrected chi connectivity index (χ1v) is 34.6. The molecule has 0 radical (unpaired) electrons. The first-order valence-electron chi connectivity index (χ1n) is 53.6. The van der Waals surface area contributed by atoms with Gasteiger partial charge in [0.25, 0.3) is 0 Å². The molecular weight excluding hydrogens is 1460 g/mol. The van der Waals surface area contributed by atoms with Gasteiger partial charge in [0.05, 0.1) is 110 Å². The van der Waals surface area contributed by atoms with Gasteiger partial charge in [0.2, 0.25) is 0 Å². The number of fused-ring (bicyclic) bond motifs is 3. The number of aliphatic hydroxyl groups is 9. The van der Waals surface area contributed by atoms with Gasteiger partial charge in [-0.3, -0.25) is 0 Å². The van der Waals surface area contributed by atoms with E-state index in [-0.39, 0.29) is 50.0 Å². The van der Waals surface area contributed by atoms with E-state index in [2.05, 4.69) is 81.5 Å². The molecule has 6 aromatic heterocycles. The van der Waals surface area contributed by atoms with Gasteiger partial charge in [-0.1, -0.05) is 108 Å². The quantitative estimate of drug-likeness (QED) is 0.0168. The lowest BCUT2D eigenvalue weighted by Gasteiger charge is -2.17. The van der Waals surface area contributed by atoms with Crippen LogP contribution in [0.2, 0.25) is 0 Å². The molecule has 6 fully saturated rings. The first kappa shape index (κ1) is 41.4. The van der Waals surface area contributed by atoms with Crippen molar-refractivity contribution in [3.8, 4) is 0 Å². The molecule has 6 saturated carbocycles. The lowest BCUT2D eigenvalue weighted by atomic mass is 10.1. The van der Waals surface area contributed by atoms with Crippen molar-refractivity contribution in [3.05, 3.63) is 105 Å². The van der Waals surface area contributed by atoms with Gasteiger partial charge in [0.15, 0.2) is 66.4 Å². The number of nitrogens with zero attached hydrogens (tertiary/aromatic N) is 15. The highest BCUT2D eigenvalue weighted by atomic mass is 32.2. The Bertz CT molecular complexity index is 6850. The summed E-state index contributed by atoms with van der Waals surface area (Å²) >= 11 is 1.19. The minimum absolute atomic E-state index is 0.0754. The van der Waals surface area contributed by atoms with Gasteiger partial charge >= 0.3 is 0 Å². The van der Waals surface area contributed by atoms with E-state index in [1.54, 1.807) is 0 Å². The average molecular weight is 1600 g/mol. The largest absolute Gasteiger partial charge is 0.394 e. The van der Waals surface area contributed by atoms with Gasteiger partial charge in [-0.25, -0.2) is 57.1 Å². The monoisotopic (exact) mass is 1600 g/mol. The molecule has 0 unspecified atom stereocenters. The normalized spacial score (nSPS) is 45.0. The molecule has 0 aliphatic heterocycles. The number of rotatable bonds is 30. The van der Waals surface area contributed by atoms with E-state index in [1.807, 2.05) is 0 Å². The summed E-state index contributed by atoms with van der Waals surface area (Å²) in [6.45, 7) is -3.40. The van der Waals surface area contributed by atoms with Crippen LogP contribution in [0.3, 0.4) is 0 Å². The van der Waals surface area contributed by atoms with Gasteiger partial charge in [-0.2, -0.15) is 0 Å². The predicted octanol–water partition coefficient (Wildman–Crippen LogP) is 6.55. The van der Waals surface area contributed by atoms with Crippen molar-refractivity contribution in [2.45, 2.75) is 223 Å². The van der Waals surface area contributed by atoms with Crippen molar-refractivity contribution in [1.82, 2.24) is 74.9 Å². The fourth-order valence-corrected chi connectivity index (χ4v) is 11.6. The van der Waals surface area contributed by atoms with Crippen LogP contribution < -0.4 is 16.0 Å². The summed E-state index contributed by atoms with van der Waals surface area (Å²) in [7, 11) is 0. The molecule has 12 N–H and O–H groups in total. The Morgan fingerprint density at radius 1 is 0.472 bits per heavy atom. The Morgan fingerprint density at radius 3 is 1.10 bits per heavy atom. The van der Waals surface area contributed by atoms with Gasteiger partial charge in [-0.15, -0.1) is 15.3 Å². The second-order valence-corrected chi connectivity index (χ2v) is 25.4. The van der Waals surface area contributed by atoms with Gasteiger partial charge in [0, 0.05) is 96.8 Å². The second-order valence-electron chi connectivity index (χ2n) is 22.8. The number of nitrogens with one attached hydrogen (secondary N) is 3. The van der Waals surface area contributed by atoms with Gasteiger partial charge in [0.1, 0.15) is 53.9 Å². The fourth-order valence-electron chi connectivity index (χ4n) is 9.95. The molecule has 108 heavy (non-hydrogen) atoms. The third kappa shape index (κ3) is 17.5. The standard InChI is InChI=1S/3C24H31FN6O4S/c3*1-3-8-36-24-27-22(26-16-10-14(16)13-5-4-12(2)15(25)9-13)19-23(28-24)31(30-29-19)17-11-18(35-7-6-32)21(34)20(17)33/h3*4-5,9,14,16-18,20-21,32-34H,3,6-8,10-11H2,1-2H3,(H,26,27,28)/t3*14-,16+,17+,18-,20-,21+/m000/s1/i4D,5D,7D2,8D2,9D,10D2,11D2,17D,18D,20D,21D;4D,5D,6D2,8D2,9D,10D2,11D2,17D,18D,20D,21D;4D,5D,8D2,9D,10D2,11D2,17D,18D,20D,21D. The summed E-state index contributed by atoms with van der Waals surface area (Å²) in [5.74, 6) is -9.01. The van der Waals surface area contributed by atoms with E-state index in [1.165, 1.54) is 41.5 Å². The van der Waals surface area contributed by atoms with Crippen molar-refractivity contribution < 1.29 is 132 Å². The molecule has 9 aromatic rings. The van der Waals surface area contributed by atoms with Crippen LogP contribution in [-0.2, 0) is 14.2 Å². The Morgan fingerprint density at radius 2 is 0.796 bits per heavy atom. The minimum Gasteiger partial charge on any atom is -0.394 e. The maximum atomic E-state index is 14.8. The van der Waals surface area contributed by atoms with E-state index < -0.39 is 358 Å². The molecule has 6 heterocycles. The van der Waals surface area contributed by atoms with E-state index in [4.69, 9.17) is 68.4 Å². The number of anilines is 3. The Kier molecular flexibility index (Phi) is 13.4. The number of thioether (sulfide) groups is 3. The Hall–Kier alpha value is -7.14. The van der Waals surface area contributed by atoms with Crippen molar-refractivity contribution in [2.75, 3.05) is 72.6 Å². The Labute approximate surface area is 693 Å². The number of aromatic nitrogens is 15. The maximum Gasteiger partial charge on any atom is 0.191 e. The zero-order valence-electron chi connectivity index (χ0n) is 99.7. The second kappa shape index (κ2) is 35.1. The number of hydrogen-bond acceptors (Lipinski definition) is 30. The molecule has 6 aliphatic rings. The van der Waals surface area contributed by atoms with Crippen LogP contribution in [0.5, 0.6) is 0 Å². The first-order chi connectivity index (χ1) is 68.3. The SMILES string of the molecule is [2H]c1c([2H])c([C@H]2[C@H](Nc3nc(SC([2H])([2H])CC)nc4c3nnn4[C@]3([2H])C([2H])([2H])[C@]([2H])(OC([2H])([2H])CO)[C@@]([2H])(O)[C@@]3([2H])O)C2([2H])[2H])c([2H])c(F)c1C.[2H]c1c([2H])c([C@H]2[C@H](Nc3nc(SC([2H])([2H])CC)nc4c3nnn4[C@]3([2H])C([2H])([2H])[C@]([2H])(OCC([2H])([2H])O)[C@@]([2H])(O)[C@@]3([2H])O)C2([2H])[2H])c([2H])c(F)c1C.[2H]c1c([2H])c([C@H]2[C@H](Nc3nc(SC([2H])([2H])CC)nc4c3nnn4[C@]3([2H])C([2H])([2H])[C@]([2H])(OCCO)[C@@]([2H])(O)[C@@]3([2H])O)C2([2H])[2H])c([2H])c(F)c1C. The van der Waals surface area contributed by atoms with E-state index in [0.717, 1.165) is 0 Å². The number of benzene rings is 3. The highest BCUT2D eigenvalue weighted by Crippen LogP contribution is 2.48. The van der Waals surface area contributed by atoms with E-state index >= 15 is 0 Å². The van der Waals surface area contributed by atoms with Crippen LogP contribution in [0.15, 0.2) is 69.9 Å². The minimum atomic E-state index is -4.21. The highest BCUT2D eigenvalue weighted by molar-refractivity contribution is 7.99. The average Bonchev–Trinajstić information content (AvgIpc) is 1.49. The lowest BCUT2D eigenvalue weighted by molar-refractivity contribution is -0.0629. The highest BCUT2D eigenvalue weighted by Gasteiger charge is 2.49. The molecule has 0 spiro atoms. The van der Waals surface area contributed by atoms with E-state index in [9.17, 15) is 59.1 Å².